The Labute approximate surface area is 164 Å². The van der Waals surface area contributed by atoms with Gasteiger partial charge in [-0.05, 0) is 38.1 Å². The summed E-state index contributed by atoms with van der Waals surface area (Å²) < 4.78 is 21.6. The van der Waals surface area contributed by atoms with Gasteiger partial charge < -0.3 is 28.5 Å². The van der Waals surface area contributed by atoms with Crippen LogP contribution in [0.3, 0.4) is 0 Å². The molecule has 4 rings (SSSR count). The Bertz CT molecular complexity index is 1170. The Kier molecular flexibility index (Phi) is 4.68. The summed E-state index contributed by atoms with van der Waals surface area (Å²) in [6.07, 6.45) is 1.15. The molecule has 29 heavy (non-hydrogen) atoms. The maximum atomic E-state index is 11.7. The van der Waals surface area contributed by atoms with Gasteiger partial charge in [0.25, 0.3) is 0 Å². The number of carbonyl (C=O) groups excluding carboxylic acids is 1. The van der Waals surface area contributed by atoms with Crippen molar-refractivity contribution in [3.63, 3.8) is 0 Å². The summed E-state index contributed by atoms with van der Waals surface area (Å²) in [6, 6.07) is 6.44. The first kappa shape index (κ1) is 19.2. The predicted molar refractivity (Wildman–Crippen MR) is 103 cm³/mol. The lowest BCUT2D eigenvalue weighted by molar-refractivity contribution is -0.144. The summed E-state index contributed by atoms with van der Waals surface area (Å²) in [5, 5.41) is 22.6. The van der Waals surface area contributed by atoms with Gasteiger partial charge in [0.05, 0.1) is 11.9 Å². The molecule has 0 amide bonds. The van der Waals surface area contributed by atoms with Crippen molar-refractivity contribution in [1.29, 1.82) is 0 Å². The van der Waals surface area contributed by atoms with Crippen LogP contribution in [-0.4, -0.2) is 40.6 Å². The summed E-state index contributed by atoms with van der Waals surface area (Å²) in [4.78, 5) is 23.2. The zero-order chi connectivity index (χ0) is 20.8. The second-order valence-electron chi connectivity index (χ2n) is 7.40. The van der Waals surface area contributed by atoms with Crippen molar-refractivity contribution in [3.05, 3.63) is 52.6 Å². The van der Waals surface area contributed by atoms with E-state index < -0.39 is 29.4 Å². The Morgan fingerprint density at radius 2 is 1.97 bits per heavy atom. The number of cyclic esters (lactones) is 1. The molecular weight excluding hydrogens is 380 g/mol. The quantitative estimate of drug-likeness (QED) is 0.478. The largest absolute Gasteiger partial charge is 0.483 e. The summed E-state index contributed by atoms with van der Waals surface area (Å²) in [6.45, 7) is 2.76. The first-order valence-electron chi connectivity index (χ1n) is 9.11. The van der Waals surface area contributed by atoms with E-state index in [1.165, 1.54) is 19.3 Å². The third kappa shape index (κ3) is 3.64. The van der Waals surface area contributed by atoms with Gasteiger partial charge in [0.2, 0.25) is 5.75 Å². The summed E-state index contributed by atoms with van der Waals surface area (Å²) >= 11 is 0. The fourth-order valence-electron chi connectivity index (χ4n) is 3.33. The zero-order valence-electron chi connectivity index (χ0n) is 15.9. The van der Waals surface area contributed by atoms with Gasteiger partial charge >= 0.3 is 11.6 Å². The molecule has 0 bridgehead atoms. The molecule has 1 aliphatic heterocycles. The van der Waals surface area contributed by atoms with Gasteiger partial charge in [0.1, 0.15) is 18.8 Å². The van der Waals surface area contributed by atoms with Gasteiger partial charge in [0, 0.05) is 28.8 Å². The highest BCUT2D eigenvalue weighted by Crippen LogP contribution is 2.35. The van der Waals surface area contributed by atoms with Crippen molar-refractivity contribution in [2.24, 2.45) is 0 Å². The number of carbonyl (C=O) groups is 1. The predicted octanol–water partition coefficient (Wildman–Crippen LogP) is 2.29. The van der Waals surface area contributed by atoms with Gasteiger partial charge in [-0.3, -0.25) is 0 Å². The van der Waals surface area contributed by atoms with E-state index >= 15 is 0 Å². The van der Waals surface area contributed by atoms with Crippen LogP contribution < -0.4 is 10.4 Å². The monoisotopic (exact) mass is 400 g/mol. The average molecular weight is 400 g/mol. The number of aliphatic hydroxyl groups excluding tert-OH is 1. The smallest absolute Gasteiger partial charge is 0.336 e. The van der Waals surface area contributed by atoms with E-state index in [-0.39, 0.29) is 24.4 Å². The normalized spacial score (nSPS) is 19.8. The van der Waals surface area contributed by atoms with Crippen LogP contribution in [0.25, 0.3) is 21.9 Å². The van der Waals surface area contributed by atoms with Crippen LogP contribution in [0.1, 0.15) is 20.3 Å². The van der Waals surface area contributed by atoms with Crippen molar-refractivity contribution in [2.75, 3.05) is 6.61 Å². The summed E-state index contributed by atoms with van der Waals surface area (Å²) in [5.74, 6) is -0.277. The average Bonchev–Trinajstić information content (AvgIpc) is 3.24. The van der Waals surface area contributed by atoms with E-state index in [0.29, 0.717) is 16.5 Å². The molecule has 0 fully saturated rings. The Balaban J connectivity index is 1.57. The van der Waals surface area contributed by atoms with Gasteiger partial charge in [0.15, 0.2) is 11.2 Å². The van der Waals surface area contributed by atoms with E-state index in [1.807, 2.05) is 0 Å². The fraction of sp³-hybridized carbons (Fsp3) is 0.333. The molecule has 1 aliphatic rings. The van der Waals surface area contributed by atoms with Crippen molar-refractivity contribution in [1.82, 2.24) is 0 Å². The van der Waals surface area contributed by atoms with Crippen molar-refractivity contribution in [2.45, 2.75) is 38.1 Å². The highest BCUT2D eigenvalue weighted by atomic mass is 16.5. The summed E-state index contributed by atoms with van der Waals surface area (Å²) in [7, 11) is 0. The molecule has 8 nitrogen and oxygen atoms in total. The highest BCUT2D eigenvalue weighted by Gasteiger charge is 2.37. The Morgan fingerprint density at radius 3 is 2.69 bits per heavy atom. The van der Waals surface area contributed by atoms with E-state index in [0.717, 1.165) is 5.39 Å². The van der Waals surface area contributed by atoms with E-state index in [2.05, 4.69) is 0 Å². The Hall–Kier alpha value is -3.10. The molecule has 0 radical (unpaired) electrons. The maximum Gasteiger partial charge on any atom is 0.336 e. The lowest BCUT2D eigenvalue weighted by Gasteiger charge is -2.30. The lowest BCUT2D eigenvalue weighted by atomic mass is 9.92. The molecule has 0 saturated heterocycles. The standard InChI is InChI=1S/C21H20O8/c1-11-7-14(28-20(11)24)9-21(2,25)15(22)10-27-19-17-13(5-6-26-17)8-12-3-4-16(23)29-18(12)19/h3-8,14-15,22,25H,9-10H2,1-2H3/t14-,15+,21+/m0/s1. The molecule has 8 heteroatoms. The fourth-order valence-corrected chi connectivity index (χ4v) is 3.33. The SMILES string of the molecule is CC1=C[C@@H](C[C@@](C)(O)[C@H](O)COc2c3occc3cc3ccc(=O)oc23)OC1=O. The molecule has 1 aromatic carbocycles. The molecule has 0 aliphatic carbocycles. The van der Waals surface area contributed by atoms with Crippen molar-refractivity contribution in [3.8, 4) is 5.75 Å². The first-order chi connectivity index (χ1) is 13.7. The van der Waals surface area contributed by atoms with Crippen LogP contribution in [-0.2, 0) is 9.53 Å². The van der Waals surface area contributed by atoms with E-state index in [4.69, 9.17) is 18.3 Å². The van der Waals surface area contributed by atoms with Crippen LogP contribution in [0.2, 0.25) is 0 Å². The highest BCUT2D eigenvalue weighted by molar-refractivity contribution is 5.99. The minimum atomic E-state index is -1.60. The lowest BCUT2D eigenvalue weighted by Crippen LogP contribution is -2.45. The maximum absolute atomic E-state index is 11.7. The molecular formula is C21H20O8. The number of hydrogen-bond donors (Lipinski definition) is 2. The molecule has 2 aromatic heterocycles. The van der Waals surface area contributed by atoms with Crippen LogP contribution in [0, 0.1) is 0 Å². The number of aliphatic hydroxyl groups is 2. The van der Waals surface area contributed by atoms with E-state index in [9.17, 15) is 19.8 Å². The molecule has 2 N–H and O–H groups in total. The minimum absolute atomic E-state index is 0.00138. The number of benzene rings is 1. The molecule has 0 saturated carbocycles. The van der Waals surface area contributed by atoms with Gasteiger partial charge in [-0.2, -0.15) is 0 Å². The van der Waals surface area contributed by atoms with Gasteiger partial charge in [-0.15, -0.1) is 0 Å². The third-order valence-corrected chi connectivity index (χ3v) is 5.02. The van der Waals surface area contributed by atoms with Gasteiger partial charge in [-0.25, -0.2) is 9.59 Å². The van der Waals surface area contributed by atoms with Crippen LogP contribution in [0.15, 0.2) is 55.8 Å². The second kappa shape index (κ2) is 7.06. The van der Waals surface area contributed by atoms with Crippen molar-refractivity contribution >= 4 is 27.9 Å². The number of rotatable bonds is 6. The molecule has 3 atom stereocenters. The van der Waals surface area contributed by atoms with Crippen molar-refractivity contribution < 1.29 is 33.3 Å². The first-order valence-corrected chi connectivity index (χ1v) is 9.11. The Morgan fingerprint density at radius 1 is 1.21 bits per heavy atom. The molecule has 0 spiro atoms. The van der Waals surface area contributed by atoms with Crippen LogP contribution in [0.5, 0.6) is 5.75 Å². The number of hydrogen-bond acceptors (Lipinski definition) is 8. The molecule has 3 aromatic rings. The summed E-state index contributed by atoms with van der Waals surface area (Å²) in [5.41, 5.74) is -1.13. The molecule has 152 valence electrons. The number of furan rings is 1. The van der Waals surface area contributed by atoms with Crippen LogP contribution in [0.4, 0.5) is 0 Å². The second-order valence-corrected chi connectivity index (χ2v) is 7.40. The number of ether oxygens (including phenoxy) is 2. The number of fused-ring (bicyclic) bond motifs is 2. The molecule has 3 heterocycles. The van der Waals surface area contributed by atoms with Gasteiger partial charge in [-0.1, -0.05) is 0 Å². The third-order valence-electron chi connectivity index (χ3n) is 5.02. The van der Waals surface area contributed by atoms with Crippen LogP contribution >= 0.6 is 0 Å². The topological polar surface area (TPSA) is 119 Å². The molecule has 0 unspecified atom stereocenters. The van der Waals surface area contributed by atoms with E-state index in [1.54, 1.807) is 31.2 Å². The number of esters is 1. The zero-order valence-corrected chi connectivity index (χ0v) is 15.9. The minimum Gasteiger partial charge on any atom is -0.483 e.